The van der Waals surface area contributed by atoms with Crippen molar-refractivity contribution in [3.8, 4) is 0 Å². The molecular weight excluding hydrogens is 439 g/mol. The highest BCUT2D eigenvalue weighted by atomic mass is 127. The third-order valence-corrected chi connectivity index (χ3v) is 6.11. The lowest BCUT2D eigenvalue weighted by Gasteiger charge is -2.40. The fourth-order valence-electron chi connectivity index (χ4n) is 3.88. The van der Waals surface area contributed by atoms with Crippen molar-refractivity contribution in [2.45, 2.75) is 64.3 Å². The lowest BCUT2D eigenvalue weighted by molar-refractivity contribution is 0.0778. The molecule has 0 aromatic rings. The SMILES string of the molecule is CCNC(=NCC1(CCOC)CCC1)NCCN(CC1CC1)C1CC1.I. The van der Waals surface area contributed by atoms with E-state index in [0.717, 1.165) is 57.1 Å². The summed E-state index contributed by atoms with van der Waals surface area (Å²) in [5.41, 5.74) is 0.393. The van der Waals surface area contributed by atoms with Crippen LogP contribution in [-0.4, -0.2) is 63.3 Å². The van der Waals surface area contributed by atoms with Gasteiger partial charge in [0.1, 0.15) is 0 Å². The molecule has 26 heavy (non-hydrogen) atoms. The van der Waals surface area contributed by atoms with Crippen molar-refractivity contribution in [3.05, 3.63) is 0 Å². The second kappa shape index (κ2) is 11.1. The van der Waals surface area contributed by atoms with Gasteiger partial charge in [0, 0.05) is 52.5 Å². The van der Waals surface area contributed by atoms with Gasteiger partial charge in [-0.15, -0.1) is 24.0 Å². The van der Waals surface area contributed by atoms with Crippen molar-refractivity contribution >= 4 is 29.9 Å². The Labute approximate surface area is 177 Å². The van der Waals surface area contributed by atoms with Crippen molar-refractivity contribution in [3.63, 3.8) is 0 Å². The number of methoxy groups -OCH3 is 1. The van der Waals surface area contributed by atoms with Crippen molar-refractivity contribution in [1.82, 2.24) is 15.5 Å². The van der Waals surface area contributed by atoms with E-state index in [2.05, 4.69) is 22.5 Å². The Morgan fingerprint density at radius 3 is 2.50 bits per heavy atom. The van der Waals surface area contributed by atoms with Crippen LogP contribution in [0.1, 0.15) is 58.3 Å². The Hall–Kier alpha value is -0.0800. The van der Waals surface area contributed by atoms with E-state index in [0.29, 0.717) is 5.41 Å². The number of nitrogens with one attached hydrogen (secondary N) is 2. The highest BCUT2D eigenvalue weighted by molar-refractivity contribution is 14.0. The largest absolute Gasteiger partial charge is 0.385 e. The van der Waals surface area contributed by atoms with Gasteiger partial charge in [-0.25, -0.2) is 0 Å². The van der Waals surface area contributed by atoms with Gasteiger partial charge in [-0.2, -0.15) is 0 Å². The Morgan fingerprint density at radius 1 is 1.19 bits per heavy atom. The average molecular weight is 478 g/mol. The molecule has 2 N–H and O–H groups in total. The lowest BCUT2D eigenvalue weighted by atomic mass is 9.67. The van der Waals surface area contributed by atoms with E-state index in [1.54, 1.807) is 7.11 Å². The number of hydrogen-bond acceptors (Lipinski definition) is 3. The summed E-state index contributed by atoms with van der Waals surface area (Å²) in [6.45, 7) is 8.33. The first-order valence-corrected chi connectivity index (χ1v) is 10.5. The van der Waals surface area contributed by atoms with Crippen LogP contribution in [0.3, 0.4) is 0 Å². The molecule has 152 valence electrons. The molecule has 0 atom stereocenters. The average Bonchev–Trinajstić information content (AvgIpc) is 3.46. The van der Waals surface area contributed by atoms with Gasteiger partial charge in [0.05, 0.1) is 0 Å². The van der Waals surface area contributed by atoms with Crippen LogP contribution in [0, 0.1) is 11.3 Å². The summed E-state index contributed by atoms with van der Waals surface area (Å²) in [6, 6.07) is 0.870. The highest BCUT2D eigenvalue weighted by Crippen LogP contribution is 2.44. The lowest BCUT2D eigenvalue weighted by Crippen LogP contribution is -2.43. The van der Waals surface area contributed by atoms with E-state index in [9.17, 15) is 0 Å². The molecule has 0 unspecified atom stereocenters. The van der Waals surface area contributed by atoms with Crippen molar-refractivity contribution < 1.29 is 4.74 Å². The Morgan fingerprint density at radius 2 is 1.96 bits per heavy atom. The quantitative estimate of drug-likeness (QED) is 0.257. The van der Waals surface area contributed by atoms with Crippen LogP contribution >= 0.6 is 24.0 Å². The van der Waals surface area contributed by atoms with Crippen LogP contribution in [-0.2, 0) is 4.74 Å². The smallest absolute Gasteiger partial charge is 0.191 e. The van der Waals surface area contributed by atoms with Crippen molar-refractivity contribution in [1.29, 1.82) is 0 Å². The van der Waals surface area contributed by atoms with Gasteiger partial charge in [-0.05, 0) is 63.2 Å². The number of aliphatic imine (C=N–C) groups is 1. The zero-order valence-corrected chi connectivity index (χ0v) is 19.1. The van der Waals surface area contributed by atoms with E-state index in [-0.39, 0.29) is 24.0 Å². The fourth-order valence-corrected chi connectivity index (χ4v) is 3.88. The standard InChI is InChI=1S/C20H38N4O.HI/c1-3-21-19(23-16-20(9-4-10-20)11-14-25-2)22-12-13-24(18-7-8-18)15-17-5-6-17;/h17-18H,3-16H2,1-2H3,(H2,21,22,23);1H. The number of nitrogens with zero attached hydrogens (tertiary/aromatic N) is 2. The molecule has 3 aliphatic carbocycles. The Balaban J connectivity index is 0.00000243. The first-order chi connectivity index (χ1) is 12.2. The molecule has 0 heterocycles. The monoisotopic (exact) mass is 478 g/mol. The first-order valence-electron chi connectivity index (χ1n) is 10.5. The van der Waals surface area contributed by atoms with Crippen LogP contribution < -0.4 is 10.6 Å². The topological polar surface area (TPSA) is 48.9 Å². The van der Waals surface area contributed by atoms with E-state index < -0.39 is 0 Å². The van der Waals surface area contributed by atoms with Gasteiger partial charge < -0.3 is 15.4 Å². The zero-order chi connectivity index (χ0) is 17.5. The molecular formula is C20H39IN4O. The number of rotatable bonds is 12. The first kappa shape index (κ1) is 22.2. The number of ether oxygens (including phenoxy) is 1. The number of guanidine groups is 1. The Kier molecular flexibility index (Phi) is 9.44. The van der Waals surface area contributed by atoms with E-state index in [1.807, 2.05) is 0 Å². The molecule has 5 nitrogen and oxygen atoms in total. The maximum atomic E-state index is 5.30. The van der Waals surface area contributed by atoms with Crippen molar-refractivity contribution in [2.75, 3.05) is 46.4 Å². The summed E-state index contributed by atoms with van der Waals surface area (Å²) in [6.07, 6.45) is 10.8. The van der Waals surface area contributed by atoms with Crippen LogP contribution in [0.15, 0.2) is 4.99 Å². The van der Waals surface area contributed by atoms with Gasteiger partial charge >= 0.3 is 0 Å². The number of halogens is 1. The predicted molar refractivity (Wildman–Crippen MR) is 119 cm³/mol. The van der Waals surface area contributed by atoms with Crippen LogP contribution in [0.25, 0.3) is 0 Å². The minimum atomic E-state index is 0. The minimum absolute atomic E-state index is 0. The van der Waals surface area contributed by atoms with Gasteiger partial charge in [0.25, 0.3) is 0 Å². The fraction of sp³-hybridized carbons (Fsp3) is 0.950. The Bertz CT molecular complexity index is 434. The molecule has 0 radical (unpaired) electrons. The predicted octanol–water partition coefficient (Wildman–Crippen LogP) is 3.24. The second-order valence-electron chi connectivity index (χ2n) is 8.39. The van der Waals surface area contributed by atoms with E-state index in [1.165, 1.54) is 51.5 Å². The molecule has 0 aromatic carbocycles. The van der Waals surface area contributed by atoms with Gasteiger partial charge in [-0.3, -0.25) is 9.89 Å². The molecule has 6 heteroatoms. The van der Waals surface area contributed by atoms with Crippen molar-refractivity contribution in [2.24, 2.45) is 16.3 Å². The molecule has 3 rings (SSSR count). The molecule has 3 fully saturated rings. The normalized spacial score (nSPS) is 21.9. The molecule has 0 aliphatic heterocycles. The summed E-state index contributed by atoms with van der Waals surface area (Å²) in [5, 5.41) is 6.99. The maximum Gasteiger partial charge on any atom is 0.191 e. The summed E-state index contributed by atoms with van der Waals surface area (Å²) in [7, 11) is 1.80. The summed E-state index contributed by atoms with van der Waals surface area (Å²) in [5.74, 6) is 1.98. The van der Waals surface area contributed by atoms with Gasteiger partial charge in [0.2, 0.25) is 0 Å². The number of hydrogen-bond donors (Lipinski definition) is 2. The molecule has 0 aromatic heterocycles. The van der Waals surface area contributed by atoms with E-state index >= 15 is 0 Å². The van der Waals surface area contributed by atoms with E-state index in [4.69, 9.17) is 9.73 Å². The summed E-state index contributed by atoms with van der Waals surface area (Å²) >= 11 is 0. The van der Waals surface area contributed by atoms with Gasteiger partial charge in [-0.1, -0.05) is 6.42 Å². The van der Waals surface area contributed by atoms with Crippen LogP contribution in [0.5, 0.6) is 0 Å². The molecule has 0 bridgehead atoms. The van der Waals surface area contributed by atoms with Crippen LogP contribution in [0.4, 0.5) is 0 Å². The summed E-state index contributed by atoms with van der Waals surface area (Å²) < 4.78 is 5.30. The third kappa shape index (κ3) is 7.15. The maximum absolute atomic E-state index is 5.30. The third-order valence-electron chi connectivity index (χ3n) is 6.11. The molecule has 3 aliphatic rings. The molecule has 3 saturated carbocycles. The molecule has 0 saturated heterocycles. The highest BCUT2D eigenvalue weighted by Gasteiger charge is 2.36. The minimum Gasteiger partial charge on any atom is -0.385 e. The summed E-state index contributed by atoms with van der Waals surface area (Å²) in [4.78, 5) is 7.62. The molecule has 0 spiro atoms. The second-order valence-corrected chi connectivity index (χ2v) is 8.39. The van der Waals surface area contributed by atoms with Gasteiger partial charge in [0.15, 0.2) is 5.96 Å². The zero-order valence-electron chi connectivity index (χ0n) is 16.8. The molecule has 0 amide bonds. The van der Waals surface area contributed by atoms with Crippen LogP contribution in [0.2, 0.25) is 0 Å².